The molecule has 0 amide bonds. The number of sulfonamides is 1. The molecule has 130 valence electrons. The average molecular weight is 345 g/mol. The minimum atomic E-state index is -3.90. The van der Waals surface area contributed by atoms with Crippen LogP contribution in [0.15, 0.2) is 29.2 Å². The zero-order valence-corrected chi connectivity index (χ0v) is 14.3. The van der Waals surface area contributed by atoms with Gasteiger partial charge in [0.15, 0.2) is 0 Å². The second-order valence-corrected chi connectivity index (χ2v) is 7.17. The van der Waals surface area contributed by atoms with E-state index in [4.69, 9.17) is 14.6 Å². The second-order valence-electron chi connectivity index (χ2n) is 5.45. The Morgan fingerprint density at radius 1 is 1.22 bits per heavy atom. The molecule has 1 aromatic carbocycles. The summed E-state index contributed by atoms with van der Waals surface area (Å²) >= 11 is 0. The van der Waals surface area contributed by atoms with Crippen LogP contribution in [0.1, 0.15) is 20.3 Å². The van der Waals surface area contributed by atoms with Gasteiger partial charge >= 0.3 is 5.97 Å². The molecule has 0 aliphatic heterocycles. The molecule has 7 nitrogen and oxygen atoms in total. The minimum Gasteiger partial charge on any atom is -0.491 e. The molecule has 0 spiro atoms. The van der Waals surface area contributed by atoms with E-state index in [0.717, 1.165) is 0 Å². The van der Waals surface area contributed by atoms with Gasteiger partial charge in [0.05, 0.1) is 11.5 Å². The molecule has 0 saturated carbocycles. The molecular formula is C15H23NO6S. The topological polar surface area (TPSA) is 102 Å². The number of methoxy groups -OCH3 is 1. The number of ether oxygens (including phenoxy) is 2. The molecule has 0 fully saturated rings. The lowest BCUT2D eigenvalue weighted by atomic mass is 10.1. The molecule has 0 radical (unpaired) electrons. The molecule has 23 heavy (non-hydrogen) atoms. The van der Waals surface area contributed by atoms with Gasteiger partial charge in [0.25, 0.3) is 0 Å². The number of carboxylic acids is 1. The number of benzene rings is 1. The Morgan fingerprint density at radius 3 is 2.30 bits per heavy atom. The van der Waals surface area contributed by atoms with Crippen molar-refractivity contribution in [1.29, 1.82) is 0 Å². The van der Waals surface area contributed by atoms with Gasteiger partial charge < -0.3 is 14.6 Å². The highest BCUT2D eigenvalue weighted by Crippen LogP contribution is 2.17. The van der Waals surface area contributed by atoms with E-state index < -0.39 is 22.0 Å². The van der Waals surface area contributed by atoms with Crippen LogP contribution in [0.2, 0.25) is 0 Å². The van der Waals surface area contributed by atoms with Crippen molar-refractivity contribution >= 4 is 16.0 Å². The third kappa shape index (κ3) is 6.55. The van der Waals surface area contributed by atoms with E-state index in [1.807, 2.05) is 13.8 Å². The smallest absolute Gasteiger partial charge is 0.321 e. The van der Waals surface area contributed by atoms with Gasteiger partial charge in [-0.1, -0.05) is 13.8 Å². The molecule has 0 aliphatic carbocycles. The highest BCUT2D eigenvalue weighted by atomic mass is 32.2. The van der Waals surface area contributed by atoms with Gasteiger partial charge in [0.1, 0.15) is 18.4 Å². The molecule has 0 saturated heterocycles. The van der Waals surface area contributed by atoms with Crippen LogP contribution >= 0.6 is 0 Å². The third-order valence-electron chi connectivity index (χ3n) is 2.99. The summed E-state index contributed by atoms with van der Waals surface area (Å²) in [5, 5.41) is 9.14. The minimum absolute atomic E-state index is 0.00778. The molecule has 0 bridgehead atoms. The Bertz CT molecular complexity index is 597. The SMILES string of the molecule is COCCOc1ccc(S(=O)(=O)N[C@@H](CC(C)C)C(=O)O)cc1. The predicted molar refractivity (Wildman–Crippen MR) is 85.0 cm³/mol. The van der Waals surface area contributed by atoms with Crippen molar-refractivity contribution < 1.29 is 27.8 Å². The zero-order chi connectivity index (χ0) is 17.5. The Labute approximate surface area is 136 Å². The van der Waals surface area contributed by atoms with Crippen molar-refractivity contribution in [2.75, 3.05) is 20.3 Å². The molecule has 8 heteroatoms. The van der Waals surface area contributed by atoms with Crippen LogP contribution in [0.25, 0.3) is 0 Å². The summed E-state index contributed by atoms with van der Waals surface area (Å²) in [5.41, 5.74) is 0. The number of hydrogen-bond donors (Lipinski definition) is 2. The highest BCUT2D eigenvalue weighted by molar-refractivity contribution is 7.89. The molecule has 1 rings (SSSR count). The van der Waals surface area contributed by atoms with E-state index in [-0.39, 0.29) is 17.2 Å². The Hall–Kier alpha value is -1.64. The van der Waals surface area contributed by atoms with E-state index in [0.29, 0.717) is 19.0 Å². The quantitative estimate of drug-likeness (QED) is 0.623. The second kappa shape index (κ2) is 8.85. The first-order chi connectivity index (χ1) is 10.8. The van der Waals surface area contributed by atoms with Gasteiger partial charge in [-0.2, -0.15) is 4.72 Å². The molecule has 0 unspecified atom stereocenters. The van der Waals surface area contributed by atoms with E-state index >= 15 is 0 Å². The van der Waals surface area contributed by atoms with E-state index in [2.05, 4.69) is 4.72 Å². The number of carbonyl (C=O) groups is 1. The maximum absolute atomic E-state index is 12.3. The van der Waals surface area contributed by atoms with Crippen LogP contribution < -0.4 is 9.46 Å². The number of carboxylic acid groups (broad SMARTS) is 1. The fourth-order valence-electron chi connectivity index (χ4n) is 1.88. The molecular weight excluding hydrogens is 322 g/mol. The van der Waals surface area contributed by atoms with Crippen molar-refractivity contribution in [2.45, 2.75) is 31.2 Å². The lowest BCUT2D eigenvalue weighted by molar-refractivity contribution is -0.139. The zero-order valence-electron chi connectivity index (χ0n) is 13.5. The molecule has 0 aromatic heterocycles. The highest BCUT2D eigenvalue weighted by Gasteiger charge is 2.26. The van der Waals surface area contributed by atoms with Crippen molar-refractivity contribution in [1.82, 2.24) is 4.72 Å². The van der Waals surface area contributed by atoms with E-state index in [1.165, 1.54) is 24.3 Å². The average Bonchev–Trinajstić information content (AvgIpc) is 2.46. The van der Waals surface area contributed by atoms with Gasteiger partial charge in [0.2, 0.25) is 10.0 Å². The number of nitrogens with one attached hydrogen (secondary N) is 1. The van der Waals surface area contributed by atoms with Crippen LogP contribution in [0.4, 0.5) is 0 Å². The van der Waals surface area contributed by atoms with Crippen LogP contribution in [0, 0.1) is 5.92 Å². The fraction of sp³-hybridized carbons (Fsp3) is 0.533. The Balaban J connectivity index is 2.80. The fourth-order valence-corrected chi connectivity index (χ4v) is 3.09. The van der Waals surface area contributed by atoms with Crippen LogP contribution in [-0.2, 0) is 19.6 Å². The summed E-state index contributed by atoms with van der Waals surface area (Å²) in [4.78, 5) is 11.2. The van der Waals surface area contributed by atoms with Crippen molar-refractivity contribution in [3.05, 3.63) is 24.3 Å². The van der Waals surface area contributed by atoms with Crippen LogP contribution in [0.3, 0.4) is 0 Å². The normalized spacial score (nSPS) is 13.0. The van der Waals surface area contributed by atoms with E-state index in [1.54, 1.807) is 7.11 Å². The summed E-state index contributed by atoms with van der Waals surface area (Å²) in [5.74, 6) is -0.630. The monoisotopic (exact) mass is 345 g/mol. The summed E-state index contributed by atoms with van der Waals surface area (Å²) < 4.78 is 37.0. The summed E-state index contributed by atoms with van der Waals surface area (Å²) in [6, 6.07) is 4.63. The molecule has 1 atom stereocenters. The third-order valence-corrected chi connectivity index (χ3v) is 4.48. The lowest BCUT2D eigenvalue weighted by Gasteiger charge is -2.16. The summed E-state index contributed by atoms with van der Waals surface area (Å²) in [6.45, 7) is 4.44. The number of hydrogen-bond acceptors (Lipinski definition) is 5. The molecule has 2 N–H and O–H groups in total. The van der Waals surface area contributed by atoms with Gasteiger partial charge in [-0.3, -0.25) is 4.79 Å². The van der Waals surface area contributed by atoms with Crippen molar-refractivity contribution in [2.24, 2.45) is 5.92 Å². The number of rotatable bonds is 10. The standard InChI is InChI=1S/C15H23NO6S/c1-11(2)10-14(15(17)18)16-23(19,20)13-6-4-12(5-7-13)22-9-8-21-3/h4-7,11,14,16H,8-10H2,1-3H3,(H,17,18)/t14-/m0/s1. The molecule has 0 heterocycles. The Morgan fingerprint density at radius 2 is 1.83 bits per heavy atom. The Kier molecular flexibility index (Phi) is 7.47. The van der Waals surface area contributed by atoms with Gasteiger partial charge in [-0.25, -0.2) is 8.42 Å². The van der Waals surface area contributed by atoms with Crippen LogP contribution in [0.5, 0.6) is 5.75 Å². The van der Waals surface area contributed by atoms with Crippen molar-refractivity contribution in [3.8, 4) is 5.75 Å². The first-order valence-corrected chi connectivity index (χ1v) is 8.71. The first kappa shape index (κ1) is 19.4. The van der Waals surface area contributed by atoms with Gasteiger partial charge in [-0.05, 0) is 36.6 Å². The summed E-state index contributed by atoms with van der Waals surface area (Å²) in [7, 11) is -2.35. The molecule has 0 aliphatic rings. The van der Waals surface area contributed by atoms with Gasteiger partial charge in [0, 0.05) is 7.11 Å². The summed E-state index contributed by atoms with van der Waals surface area (Å²) in [6.07, 6.45) is 0.215. The molecule has 1 aromatic rings. The van der Waals surface area contributed by atoms with E-state index in [9.17, 15) is 13.2 Å². The lowest BCUT2D eigenvalue weighted by Crippen LogP contribution is -2.41. The predicted octanol–water partition coefficient (Wildman–Crippen LogP) is 1.49. The van der Waals surface area contributed by atoms with Crippen LogP contribution in [-0.4, -0.2) is 45.9 Å². The first-order valence-electron chi connectivity index (χ1n) is 7.23. The van der Waals surface area contributed by atoms with Gasteiger partial charge in [-0.15, -0.1) is 0 Å². The maximum Gasteiger partial charge on any atom is 0.321 e. The maximum atomic E-state index is 12.3. The van der Waals surface area contributed by atoms with Crippen molar-refractivity contribution in [3.63, 3.8) is 0 Å². The largest absolute Gasteiger partial charge is 0.491 e. The number of aliphatic carboxylic acids is 1.